The van der Waals surface area contributed by atoms with Gasteiger partial charge in [-0.15, -0.1) is 0 Å². The lowest BCUT2D eigenvalue weighted by Crippen LogP contribution is -2.18. The molecule has 0 bridgehead atoms. The van der Waals surface area contributed by atoms with Crippen LogP contribution in [0.1, 0.15) is 12.8 Å². The first-order chi connectivity index (χ1) is 9.22. The van der Waals surface area contributed by atoms with E-state index in [-0.39, 0.29) is 19.2 Å². The SMILES string of the molecule is CC(=O)NCc1nc(-c2ccc3c(c2)OCO3)no1. The summed E-state index contributed by atoms with van der Waals surface area (Å²) in [5, 5.41) is 6.44. The average Bonchev–Trinajstić information content (AvgIpc) is 3.04. The lowest BCUT2D eigenvalue weighted by Gasteiger charge is -1.97. The molecule has 1 amide bonds. The summed E-state index contributed by atoms with van der Waals surface area (Å²) in [5.41, 5.74) is 0.766. The number of nitrogens with one attached hydrogen (secondary N) is 1. The van der Waals surface area contributed by atoms with Crippen molar-refractivity contribution in [3.63, 3.8) is 0 Å². The maximum Gasteiger partial charge on any atom is 0.246 e. The van der Waals surface area contributed by atoms with Gasteiger partial charge in [0.15, 0.2) is 11.5 Å². The van der Waals surface area contributed by atoms with Crippen molar-refractivity contribution in [2.75, 3.05) is 6.79 Å². The van der Waals surface area contributed by atoms with Crippen molar-refractivity contribution in [3.8, 4) is 22.9 Å². The predicted octanol–water partition coefficient (Wildman–Crippen LogP) is 1.10. The van der Waals surface area contributed by atoms with Crippen LogP contribution in [-0.2, 0) is 11.3 Å². The van der Waals surface area contributed by atoms with Gasteiger partial charge in [-0.1, -0.05) is 5.16 Å². The van der Waals surface area contributed by atoms with Crippen LogP contribution in [0, 0.1) is 0 Å². The van der Waals surface area contributed by atoms with Crippen LogP contribution in [-0.4, -0.2) is 22.8 Å². The average molecular weight is 261 g/mol. The van der Waals surface area contributed by atoms with E-state index < -0.39 is 0 Å². The molecule has 0 aliphatic carbocycles. The van der Waals surface area contributed by atoms with Gasteiger partial charge in [0.05, 0.1) is 6.54 Å². The first-order valence-electron chi connectivity index (χ1n) is 5.69. The number of aromatic nitrogens is 2. The standard InChI is InChI=1S/C12H11N3O4/c1-7(16)13-5-11-14-12(15-19-11)8-2-3-9-10(4-8)18-6-17-9/h2-4H,5-6H2,1H3,(H,13,16). The van der Waals surface area contributed by atoms with Gasteiger partial charge in [0, 0.05) is 12.5 Å². The molecule has 1 N–H and O–H groups in total. The fourth-order valence-corrected chi connectivity index (χ4v) is 1.68. The number of rotatable bonds is 3. The summed E-state index contributed by atoms with van der Waals surface area (Å²) in [4.78, 5) is 15.0. The van der Waals surface area contributed by atoms with Gasteiger partial charge in [0.1, 0.15) is 0 Å². The number of carbonyl (C=O) groups excluding carboxylic acids is 1. The Morgan fingerprint density at radius 2 is 2.21 bits per heavy atom. The van der Waals surface area contributed by atoms with Gasteiger partial charge in [-0.2, -0.15) is 4.98 Å². The molecular weight excluding hydrogens is 250 g/mol. The van der Waals surface area contributed by atoms with Gasteiger partial charge < -0.3 is 19.3 Å². The Hall–Kier alpha value is -2.57. The molecule has 0 radical (unpaired) electrons. The lowest BCUT2D eigenvalue weighted by molar-refractivity contribution is -0.119. The quantitative estimate of drug-likeness (QED) is 0.890. The molecule has 2 heterocycles. The summed E-state index contributed by atoms with van der Waals surface area (Å²) in [6.45, 7) is 1.86. The molecule has 2 aromatic rings. The fourth-order valence-electron chi connectivity index (χ4n) is 1.68. The number of ether oxygens (including phenoxy) is 2. The number of hydrogen-bond donors (Lipinski definition) is 1. The van der Waals surface area contributed by atoms with E-state index in [9.17, 15) is 4.79 Å². The van der Waals surface area contributed by atoms with Gasteiger partial charge in [0.2, 0.25) is 24.4 Å². The second kappa shape index (κ2) is 4.60. The zero-order valence-corrected chi connectivity index (χ0v) is 10.2. The van der Waals surface area contributed by atoms with Crippen molar-refractivity contribution in [3.05, 3.63) is 24.1 Å². The van der Waals surface area contributed by atoms with Gasteiger partial charge in [0.25, 0.3) is 0 Å². The molecule has 1 aromatic heterocycles. The molecule has 0 unspecified atom stereocenters. The van der Waals surface area contributed by atoms with E-state index in [0.29, 0.717) is 23.2 Å². The van der Waals surface area contributed by atoms with E-state index in [4.69, 9.17) is 14.0 Å². The van der Waals surface area contributed by atoms with Crippen LogP contribution in [0.15, 0.2) is 22.7 Å². The topological polar surface area (TPSA) is 86.5 Å². The molecule has 7 heteroatoms. The Morgan fingerprint density at radius 1 is 1.37 bits per heavy atom. The first kappa shape index (κ1) is 11.5. The molecule has 0 spiro atoms. The third-order valence-electron chi connectivity index (χ3n) is 2.59. The molecule has 0 atom stereocenters. The minimum atomic E-state index is -0.150. The Bertz CT molecular complexity index is 623. The molecule has 7 nitrogen and oxygen atoms in total. The zero-order chi connectivity index (χ0) is 13.2. The van der Waals surface area contributed by atoms with E-state index in [1.165, 1.54) is 6.92 Å². The second-order valence-corrected chi connectivity index (χ2v) is 3.99. The predicted molar refractivity (Wildman–Crippen MR) is 63.4 cm³/mol. The Labute approximate surface area is 108 Å². The van der Waals surface area contributed by atoms with Crippen molar-refractivity contribution in [1.82, 2.24) is 15.5 Å². The van der Waals surface area contributed by atoms with Crippen molar-refractivity contribution in [2.24, 2.45) is 0 Å². The molecule has 1 aliphatic rings. The van der Waals surface area contributed by atoms with Crippen LogP contribution in [0.4, 0.5) is 0 Å². The van der Waals surface area contributed by atoms with Crippen LogP contribution in [0.25, 0.3) is 11.4 Å². The summed E-state index contributed by atoms with van der Waals surface area (Å²) in [6, 6.07) is 5.40. The van der Waals surface area contributed by atoms with Crippen molar-refractivity contribution >= 4 is 5.91 Å². The molecule has 0 fully saturated rings. The van der Waals surface area contributed by atoms with Crippen LogP contribution < -0.4 is 14.8 Å². The number of hydrogen-bond acceptors (Lipinski definition) is 6. The monoisotopic (exact) mass is 261 g/mol. The van der Waals surface area contributed by atoms with Gasteiger partial charge in [-0.3, -0.25) is 4.79 Å². The Balaban J connectivity index is 1.80. The van der Waals surface area contributed by atoms with Gasteiger partial charge in [-0.25, -0.2) is 0 Å². The number of amides is 1. The number of nitrogens with zero attached hydrogens (tertiary/aromatic N) is 2. The zero-order valence-electron chi connectivity index (χ0n) is 10.2. The first-order valence-corrected chi connectivity index (χ1v) is 5.69. The third kappa shape index (κ3) is 2.35. The molecule has 98 valence electrons. The molecule has 3 rings (SSSR count). The molecule has 0 saturated heterocycles. The smallest absolute Gasteiger partial charge is 0.246 e. The van der Waals surface area contributed by atoms with Gasteiger partial charge in [-0.05, 0) is 18.2 Å². The maximum atomic E-state index is 10.8. The molecular formula is C12H11N3O4. The summed E-state index contributed by atoms with van der Waals surface area (Å²) in [5.74, 6) is 2.00. The second-order valence-electron chi connectivity index (χ2n) is 3.99. The maximum absolute atomic E-state index is 10.8. The molecule has 1 aromatic carbocycles. The van der Waals surface area contributed by atoms with E-state index in [2.05, 4.69) is 15.5 Å². The highest BCUT2D eigenvalue weighted by Crippen LogP contribution is 2.35. The lowest BCUT2D eigenvalue weighted by atomic mass is 10.2. The number of carbonyl (C=O) groups is 1. The van der Waals surface area contributed by atoms with Crippen molar-refractivity contribution < 1.29 is 18.8 Å². The van der Waals surface area contributed by atoms with Crippen LogP contribution >= 0.6 is 0 Å². The summed E-state index contributed by atoms with van der Waals surface area (Å²) >= 11 is 0. The largest absolute Gasteiger partial charge is 0.454 e. The summed E-state index contributed by atoms with van der Waals surface area (Å²) < 4.78 is 15.5. The van der Waals surface area contributed by atoms with E-state index >= 15 is 0 Å². The number of benzene rings is 1. The van der Waals surface area contributed by atoms with E-state index in [1.807, 2.05) is 6.07 Å². The fraction of sp³-hybridized carbons (Fsp3) is 0.250. The number of fused-ring (bicyclic) bond motifs is 1. The summed E-state index contributed by atoms with van der Waals surface area (Å²) in [7, 11) is 0. The highest BCUT2D eigenvalue weighted by Gasteiger charge is 2.16. The normalized spacial score (nSPS) is 12.5. The van der Waals surface area contributed by atoms with Crippen LogP contribution in [0.2, 0.25) is 0 Å². The van der Waals surface area contributed by atoms with Gasteiger partial charge >= 0.3 is 0 Å². The highest BCUT2D eigenvalue weighted by atomic mass is 16.7. The molecule has 1 aliphatic heterocycles. The minimum absolute atomic E-state index is 0.150. The third-order valence-corrected chi connectivity index (χ3v) is 2.59. The molecule has 0 saturated carbocycles. The Morgan fingerprint density at radius 3 is 3.05 bits per heavy atom. The van der Waals surface area contributed by atoms with Crippen molar-refractivity contribution in [2.45, 2.75) is 13.5 Å². The van der Waals surface area contributed by atoms with Crippen LogP contribution in [0.3, 0.4) is 0 Å². The summed E-state index contributed by atoms with van der Waals surface area (Å²) in [6.07, 6.45) is 0. The molecule has 19 heavy (non-hydrogen) atoms. The Kier molecular flexibility index (Phi) is 2.79. The minimum Gasteiger partial charge on any atom is -0.454 e. The van der Waals surface area contributed by atoms with E-state index in [0.717, 1.165) is 5.56 Å². The van der Waals surface area contributed by atoms with E-state index in [1.54, 1.807) is 12.1 Å². The highest BCUT2D eigenvalue weighted by molar-refractivity contribution is 5.72. The van der Waals surface area contributed by atoms with Crippen LogP contribution in [0.5, 0.6) is 11.5 Å². The van der Waals surface area contributed by atoms with Crippen molar-refractivity contribution in [1.29, 1.82) is 0 Å².